The van der Waals surface area contributed by atoms with Gasteiger partial charge in [0.25, 0.3) is 0 Å². The van der Waals surface area contributed by atoms with E-state index in [1.807, 2.05) is 12.1 Å². The molecular formula is C13H12N6O. The van der Waals surface area contributed by atoms with E-state index >= 15 is 0 Å². The third kappa shape index (κ3) is 1.59. The summed E-state index contributed by atoms with van der Waals surface area (Å²) in [5.41, 5.74) is 3.26. The Bertz CT molecular complexity index is 835. The third-order valence-corrected chi connectivity index (χ3v) is 3.45. The second-order valence-corrected chi connectivity index (χ2v) is 4.70. The van der Waals surface area contributed by atoms with Crippen molar-refractivity contribution in [2.45, 2.75) is 13.0 Å². The van der Waals surface area contributed by atoms with Crippen molar-refractivity contribution in [2.75, 3.05) is 11.9 Å². The van der Waals surface area contributed by atoms with Crippen LogP contribution in [-0.2, 0) is 13.0 Å². The lowest BCUT2D eigenvalue weighted by Gasteiger charge is -2.00. The van der Waals surface area contributed by atoms with Gasteiger partial charge in [0, 0.05) is 25.4 Å². The Kier molecular flexibility index (Phi) is 2.32. The lowest BCUT2D eigenvalue weighted by atomic mass is 10.3. The molecule has 3 aromatic heterocycles. The minimum atomic E-state index is -0.133. The van der Waals surface area contributed by atoms with Crippen LogP contribution in [0.3, 0.4) is 0 Å². The number of hydrogen-bond acceptors (Lipinski definition) is 5. The van der Waals surface area contributed by atoms with E-state index in [2.05, 4.69) is 20.4 Å². The summed E-state index contributed by atoms with van der Waals surface area (Å²) in [6, 6.07) is 3.82. The molecule has 3 aromatic rings. The van der Waals surface area contributed by atoms with Gasteiger partial charge in [-0.15, -0.1) is 5.10 Å². The van der Waals surface area contributed by atoms with Crippen LogP contribution in [0.5, 0.6) is 0 Å². The van der Waals surface area contributed by atoms with Crippen LogP contribution in [0.2, 0.25) is 0 Å². The van der Waals surface area contributed by atoms with Crippen molar-refractivity contribution in [3.05, 3.63) is 52.6 Å². The van der Waals surface area contributed by atoms with E-state index in [-0.39, 0.29) is 5.69 Å². The number of nitrogens with one attached hydrogen (secondary N) is 1. The molecule has 1 N–H and O–H groups in total. The lowest BCUT2D eigenvalue weighted by Crippen LogP contribution is -2.23. The SMILES string of the molecule is O=c1n(Cc2cnccn2)nc2ccc3c(n12)CCN3. The number of pyridine rings is 1. The van der Waals surface area contributed by atoms with Crippen molar-refractivity contribution in [3.8, 4) is 0 Å². The molecule has 0 radical (unpaired) electrons. The summed E-state index contributed by atoms with van der Waals surface area (Å²) in [6.45, 7) is 1.19. The van der Waals surface area contributed by atoms with Crippen molar-refractivity contribution >= 4 is 11.3 Å². The molecule has 20 heavy (non-hydrogen) atoms. The van der Waals surface area contributed by atoms with Gasteiger partial charge in [0.2, 0.25) is 0 Å². The fraction of sp³-hybridized carbons (Fsp3) is 0.231. The van der Waals surface area contributed by atoms with Gasteiger partial charge in [-0.2, -0.15) is 0 Å². The Morgan fingerprint density at radius 3 is 3.10 bits per heavy atom. The van der Waals surface area contributed by atoms with Gasteiger partial charge in [0.05, 0.1) is 29.8 Å². The molecule has 4 heterocycles. The zero-order valence-corrected chi connectivity index (χ0v) is 10.7. The zero-order valence-electron chi connectivity index (χ0n) is 10.7. The molecule has 0 aromatic carbocycles. The van der Waals surface area contributed by atoms with Gasteiger partial charge in [0.15, 0.2) is 5.65 Å². The molecule has 0 fully saturated rings. The van der Waals surface area contributed by atoms with Gasteiger partial charge in [-0.1, -0.05) is 0 Å². The fourth-order valence-corrected chi connectivity index (χ4v) is 2.55. The monoisotopic (exact) mass is 268 g/mol. The van der Waals surface area contributed by atoms with Crippen LogP contribution >= 0.6 is 0 Å². The molecule has 7 heteroatoms. The maximum absolute atomic E-state index is 12.5. The van der Waals surface area contributed by atoms with Crippen molar-refractivity contribution < 1.29 is 0 Å². The number of nitrogens with zero attached hydrogens (tertiary/aromatic N) is 5. The van der Waals surface area contributed by atoms with Gasteiger partial charge < -0.3 is 5.32 Å². The molecule has 0 saturated carbocycles. The molecule has 0 amide bonds. The molecular weight excluding hydrogens is 256 g/mol. The third-order valence-electron chi connectivity index (χ3n) is 3.45. The Labute approximate surface area is 113 Å². The second kappa shape index (κ2) is 4.16. The summed E-state index contributed by atoms with van der Waals surface area (Å²) < 4.78 is 3.10. The average molecular weight is 268 g/mol. The van der Waals surface area contributed by atoms with Crippen molar-refractivity contribution in [3.63, 3.8) is 0 Å². The van der Waals surface area contributed by atoms with Gasteiger partial charge in [-0.25, -0.2) is 13.9 Å². The molecule has 0 unspecified atom stereocenters. The van der Waals surface area contributed by atoms with E-state index in [4.69, 9.17) is 0 Å². The number of aromatic nitrogens is 5. The number of rotatable bonds is 2. The highest BCUT2D eigenvalue weighted by Gasteiger charge is 2.17. The standard InChI is InChI=1S/C13H12N6O/c20-13-18(8-9-7-14-5-6-15-9)17-12-2-1-10-11(19(12)13)3-4-16-10/h1-2,5-7,16H,3-4,8H2. The van der Waals surface area contributed by atoms with Crippen LogP contribution in [-0.4, -0.2) is 30.7 Å². The maximum atomic E-state index is 12.5. The molecule has 0 atom stereocenters. The van der Waals surface area contributed by atoms with Crippen LogP contribution in [0.15, 0.2) is 35.5 Å². The minimum Gasteiger partial charge on any atom is -0.383 e. The van der Waals surface area contributed by atoms with E-state index in [0.29, 0.717) is 17.9 Å². The van der Waals surface area contributed by atoms with Crippen molar-refractivity contribution in [1.29, 1.82) is 0 Å². The van der Waals surface area contributed by atoms with E-state index in [9.17, 15) is 4.79 Å². The Balaban J connectivity index is 1.86. The van der Waals surface area contributed by atoms with E-state index in [0.717, 1.165) is 24.3 Å². The van der Waals surface area contributed by atoms with Crippen LogP contribution < -0.4 is 11.0 Å². The number of anilines is 1. The molecule has 0 bridgehead atoms. The summed E-state index contributed by atoms with van der Waals surface area (Å²) in [5.74, 6) is 0. The largest absolute Gasteiger partial charge is 0.383 e. The first kappa shape index (κ1) is 11.2. The normalized spacial score (nSPS) is 13.4. The van der Waals surface area contributed by atoms with Crippen molar-refractivity contribution in [1.82, 2.24) is 24.1 Å². The highest BCUT2D eigenvalue weighted by atomic mass is 16.2. The van der Waals surface area contributed by atoms with Crippen LogP contribution in [0.1, 0.15) is 11.4 Å². The van der Waals surface area contributed by atoms with Gasteiger partial charge >= 0.3 is 5.69 Å². The lowest BCUT2D eigenvalue weighted by molar-refractivity contribution is 0.642. The number of fused-ring (bicyclic) bond motifs is 3. The highest BCUT2D eigenvalue weighted by Crippen LogP contribution is 2.21. The molecule has 7 nitrogen and oxygen atoms in total. The quantitative estimate of drug-likeness (QED) is 0.723. The number of hydrogen-bond donors (Lipinski definition) is 1. The topological polar surface area (TPSA) is 77.1 Å². The summed E-state index contributed by atoms with van der Waals surface area (Å²) >= 11 is 0. The van der Waals surface area contributed by atoms with E-state index in [1.54, 1.807) is 23.0 Å². The van der Waals surface area contributed by atoms with Crippen LogP contribution in [0, 0.1) is 0 Å². The Morgan fingerprint density at radius 2 is 2.25 bits per heavy atom. The maximum Gasteiger partial charge on any atom is 0.351 e. The second-order valence-electron chi connectivity index (χ2n) is 4.70. The minimum absolute atomic E-state index is 0.133. The summed E-state index contributed by atoms with van der Waals surface area (Å²) in [7, 11) is 0. The summed E-state index contributed by atoms with van der Waals surface area (Å²) in [5, 5.41) is 7.62. The van der Waals surface area contributed by atoms with Gasteiger partial charge in [-0.3, -0.25) is 9.97 Å². The molecule has 0 spiro atoms. The van der Waals surface area contributed by atoms with Crippen LogP contribution in [0.25, 0.3) is 5.65 Å². The summed E-state index contributed by atoms with van der Waals surface area (Å²) in [4.78, 5) is 20.7. The van der Waals surface area contributed by atoms with E-state index in [1.165, 1.54) is 4.68 Å². The predicted octanol–water partition coefficient (Wildman–Crippen LogP) is 0.302. The predicted molar refractivity (Wildman–Crippen MR) is 72.8 cm³/mol. The van der Waals surface area contributed by atoms with Gasteiger partial charge in [-0.05, 0) is 12.1 Å². The van der Waals surface area contributed by atoms with Crippen LogP contribution in [0.4, 0.5) is 5.69 Å². The summed E-state index contributed by atoms with van der Waals surface area (Å²) in [6.07, 6.45) is 5.69. The molecule has 0 aliphatic carbocycles. The Morgan fingerprint density at radius 1 is 1.30 bits per heavy atom. The first-order chi connectivity index (χ1) is 9.83. The molecule has 4 rings (SSSR count). The molecule has 0 saturated heterocycles. The average Bonchev–Trinajstić information content (AvgIpc) is 3.05. The fourth-order valence-electron chi connectivity index (χ4n) is 2.55. The zero-order chi connectivity index (χ0) is 13.5. The smallest absolute Gasteiger partial charge is 0.351 e. The van der Waals surface area contributed by atoms with E-state index < -0.39 is 0 Å². The van der Waals surface area contributed by atoms with Gasteiger partial charge in [0.1, 0.15) is 0 Å². The first-order valence-corrected chi connectivity index (χ1v) is 6.43. The first-order valence-electron chi connectivity index (χ1n) is 6.43. The Hall–Kier alpha value is -2.70. The molecule has 100 valence electrons. The molecule has 1 aliphatic heterocycles. The molecule has 1 aliphatic rings. The highest BCUT2D eigenvalue weighted by molar-refractivity contribution is 5.58. The van der Waals surface area contributed by atoms with Crippen molar-refractivity contribution in [2.24, 2.45) is 0 Å².